The summed E-state index contributed by atoms with van der Waals surface area (Å²) in [5.41, 5.74) is 6.22. The molecule has 0 fully saturated rings. The van der Waals surface area contributed by atoms with Crippen LogP contribution in [0.3, 0.4) is 0 Å². The Hall–Kier alpha value is -0.120. The minimum absolute atomic E-state index is 0.333. The second-order valence-corrected chi connectivity index (χ2v) is 5.07. The van der Waals surface area contributed by atoms with Crippen molar-refractivity contribution in [1.82, 2.24) is 9.80 Å². The van der Waals surface area contributed by atoms with Gasteiger partial charge < -0.3 is 15.5 Å². The molecule has 0 aliphatic carbocycles. The molecule has 0 heterocycles. The van der Waals surface area contributed by atoms with E-state index in [1.54, 1.807) is 0 Å². The lowest BCUT2D eigenvalue weighted by molar-refractivity contribution is 0.190. The van der Waals surface area contributed by atoms with Crippen LogP contribution in [0.1, 0.15) is 39.5 Å². The van der Waals surface area contributed by atoms with Gasteiger partial charge in [-0.2, -0.15) is 0 Å². The highest BCUT2D eigenvalue weighted by Crippen LogP contribution is 2.10. The first-order valence-electron chi connectivity index (χ1n) is 6.63. The maximum absolute atomic E-state index is 6.22. The number of hydrogen-bond donors (Lipinski definition) is 1. The minimum atomic E-state index is 0.333. The summed E-state index contributed by atoms with van der Waals surface area (Å²) in [4.78, 5) is 4.67. The zero-order chi connectivity index (χ0) is 12.6. The van der Waals surface area contributed by atoms with Crippen molar-refractivity contribution in [3.8, 4) is 0 Å². The van der Waals surface area contributed by atoms with Gasteiger partial charge in [0.2, 0.25) is 0 Å². The van der Waals surface area contributed by atoms with E-state index in [1.165, 1.54) is 12.8 Å². The van der Waals surface area contributed by atoms with Crippen LogP contribution in [0, 0.1) is 0 Å². The van der Waals surface area contributed by atoms with Crippen LogP contribution in [0.15, 0.2) is 0 Å². The normalized spacial score (nSPS) is 15.8. The maximum atomic E-state index is 6.22. The maximum Gasteiger partial charge on any atom is 0.0241 e. The topological polar surface area (TPSA) is 32.5 Å². The highest BCUT2D eigenvalue weighted by Gasteiger charge is 2.19. The molecule has 0 bridgehead atoms. The van der Waals surface area contributed by atoms with Crippen molar-refractivity contribution in [2.45, 2.75) is 51.6 Å². The molecule has 0 aliphatic heterocycles. The number of rotatable bonds is 9. The van der Waals surface area contributed by atoms with E-state index in [0.717, 1.165) is 25.9 Å². The van der Waals surface area contributed by atoms with Crippen molar-refractivity contribution in [3.05, 3.63) is 0 Å². The molecule has 2 N–H and O–H groups in total. The summed E-state index contributed by atoms with van der Waals surface area (Å²) in [5, 5.41) is 0. The smallest absolute Gasteiger partial charge is 0.0241 e. The molecule has 2 unspecified atom stereocenters. The van der Waals surface area contributed by atoms with E-state index in [1.807, 2.05) is 0 Å². The molecule has 0 amide bonds. The Morgan fingerprint density at radius 1 is 1.06 bits per heavy atom. The summed E-state index contributed by atoms with van der Waals surface area (Å²) in [6.07, 6.45) is 4.69. The lowest BCUT2D eigenvalue weighted by Gasteiger charge is -2.32. The van der Waals surface area contributed by atoms with Gasteiger partial charge in [-0.3, -0.25) is 0 Å². The molecule has 0 saturated carbocycles. The Morgan fingerprint density at radius 3 is 2.12 bits per heavy atom. The van der Waals surface area contributed by atoms with Crippen molar-refractivity contribution < 1.29 is 0 Å². The van der Waals surface area contributed by atoms with Gasteiger partial charge in [-0.15, -0.1) is 0 Å². The van der Waals surface area contributed by atoms with Gasteiger partial charge in [0.15, 0.2) is 0 Å². The van der Waals surface area contributed by atoms with Crippen molar-refractivity contribution in [2.75, 3.05) is 34.2 Å². The van der Waals surface area contributed by atoms with Crippen LogP contribution < -0.4 is 5.73 Å². The highest BCUT2D eigenvalue weighted by atomic mass is 15.1. The number of nitrogens with zero attached hydrogens (tertiary/aromatic N) is 2. The van der Waals surface area contributed by atoms with E-state index < -0.39 is 0 Å². The Labute approximate surface area is 102 Å². The fourth-order valence-corrected chi connectivity index (χ4v) is 2.27. The van der Waals surface area contributed by atoms with Crippen LogP contribution in [0.25, 0.3) is 0 Å². The van der Waals surface area contributed by atoms with E-state index in [4.69, 9.17) is 5.73 Å². The zero-order valence-corrected chi connectivity index (χ0v) is 11.9. The van der Waals surface area contributed by atoms with E-state index in [0.29, 0.717) is 12.1 Å². The molecular weight excluding hydrogens is 198 g/mol. The summed E-state index contributed by atoms with van der Waals surface area (Å²) >= 11 is 0. The molecule has 16 heavy (non-hydrogen) atoms. The van der Waals surface area contributed by atoms with Crippen molar-refractivity contribution >= 4 is 0 Å². The molecule has 0 saturated heterocycles. The molecule has 0 aromatic rings. The zero-order valence-electron chi connectivity index (χ0n) is 11.9. The quantitative estimate of drug-likeness (QED) is 0.654. The average Bonchev–Trinajstić information content (AvgIpc) is 2.18. The highest BCUT2D eigenvalue weighted by molar-refractivity contribution is 4.79. The van der Waals surface area contributed by atoms with Gasteiger partial charge in [0.25, 0.3) is 0 Å². The molecule has 0 aliphatic rings. The van der Waals surface area contributed by atoms with Gasteiger partial charge in [0.1, 0.15) is 0 Å². The summed E-state index contributed by atoms with van der Waals surface area (Å²) < 4.78 is 0. The first-order chi connectivity index (χ1) is 7.52. The summed E-state index contributed by atoms with van der Waals surface area (Å²) in [6.45, 7) is 6.75. The lowest BCUT2D eigenvalue weighted by atomic mass is 10.0. The van der Waals surface area contributed by atoms with Crippen LogP contribution in [0.4, 0.5) is 0 Å². The van der Waals surface area contributed by atoms with Gasteiger partial charge in [0, 0.05) is 12.1 Å². The standard InChI is InChI=1S/C13H31N3/c1-6-9-12(14)13(7-2)16(5)11-8-10-15(3)4/h12-13H,6-11,14H2,1-5H3. The van der Waals surface area contributed by atoms with Gasteiger partial charge in [-0.05, 0) is 53.5 Å². The third-order valence-electron chi connectivity index (χ3n) is 3.22. The summed E-state index contributed by atoms with van der Waals surface area (Å²) in [5.74, 6) is 0. The third kappa shape index (κ3) is 6.46. The van der Waals surface area contributed by atoms with Crippen LogP contribution in [-0.2, 0) is 0 Å². The minimum Gasteiger partial charge on any atom is -0.326 e. The van der Waals surface area contributed by atoms with Gasteiger partial charge in [0.05, 0.1) is 0 Å². The number of likely N-dealkylation sites (N-methyl/N-ethyl adjacent to an activating group) is 1. The molecule has 3 heteroatoms. The summed E-state index contributed by atoms with van der Waals surface area (Å²) in [7, 11) is 6.46. The fourth-order valence-electron chi connectivity index (χ4n) is 2.27. The van der Waals surface area contributed by atoms with Crippen LogP contribution >= 0.6 is 0 Å². The Kier molecular flexibility index (Phi) is 8.90. The van der Waals surface area contributed by atoms with E-state index in [2.05, 4.69) is 44.8 Å². The molecular formula is C13H31N3. The van der Waals surface area contributed by atoms with E-state index in [-0.39, 0.29) is 0 Å². The second-order valence-electron chi connectivity index (χ2n) is 5.07. The Balaban J connectivity index is 3.94. The number of hydrogen-bond acceptors (Lipinski definition) is 3. The summed E-state index contributed by atoms with van der Waals surface area (Å²) in [6, 6.07) is 0.876. The molecule has 2 atom stereocenters. The van der Waals surface area contributed by atoms with Gasteiger partial charge in [-0.1, -0.05) is 20.3 Å². The predicted octanol–water partition coefficient (Wildman–Crippen LogP) is 1.78. The average molecular weight is 229 g/mol. The van der Waals surface area contributed by atoms with Gasteiger partial charge >= 0.3 is 0 Å². The monoisotopic (exact) mass is 229 g/mol. The van der Waals surface area contributed by atoms with E-state index in [9.17, 15) is 0 Å². The van der Waals surface area contributed by atoms with E-state index >= 15 is 0 Å². The van der Waals surface area contributed by atoms with Crippen LogP contribution in [0.2, 0.25) is 0 Å². The molecule has 0 aromatic heterocycles. The second kappa shape index (κ2) is 8.97. The predicted molar refractivity (Wildman–Crippen MR) is 72.8 cm³/mol. The fraction of sp³-hybridized carbons (Fsp3) is 1.00. The molecule has 0 radical (unpaired) electrons. The number of nitrogens with two attached hydrogens (primary N) is 1. The van der Waals surface area contributed by atoms with Crippen LogP contribution in [-0.4, -0.2) is 56.1 Å². The van der Waals surface area contributed by atoms with Gasteiger partial charge in [-0.25, -0.2) is 0 Å². The third-order valence-corrected chi connectivity index (χ3v) is 3.22. The van der Waals surface area contributed by atoms with Crippen molar-refractivity contribution in [2.24, 2.45) is 5.73 Å². The molecule has 0 spiro atoms. The molecule has 3 nitrogen and oxygen atoms in total. The molecule has 0 rings (SSSR count). The van der Waals surface area contributed by atoms with Crippen molar-refractivity contribution in [3.63, 3.8) is 0 Å². The first-order valence-corrected chi connectivity index (χ1v) is 6.63. The Morgan fingerprint density at radius 2 is 1.69 bits per heavy atom. The SMILES string of the molecule is CCCC(N)C(CC)N(C)CCCN(C)C. The first kappa shape index (κ1) is 15.9. The van der Waals surface area contributed by atoms with Crippen LogP contribution in [0.5, 0.6) is 0 Å². The lowest BCUT2D eigenvalue weighted by Crippen LogP contribution is -2.46. The Bertz CT molecular complexity index is 159. The molecule has 98 valence electrons. The van der Waals surface area contributed by atoms with Crippen molar-refractivity contribution in [1.29, 1.82) is 0 Å². The molecule has 0 aromatic carbocycles. The largest absolute Gasteiger partial charge is 0.326 e.